The molecule has 0 aliphatic carbocycles. The van der Waals surface area contributed by atoms with Crippen molar-refractivity contribution in [2.24, 2.45) is 5.10 Å². The van der Waals surface area contributed by atoms with Crippen LogP contribution >= 0.6 is 0 Å². The Morgan fingerprint density at radius 1 is 1.00 bits per heavy atom. The van der Waals surface area contributed by atoms with E-state index in [1.807, 2.05) is 6.21 Å². The van der Waals surface area contributed by atoms with Crippen molar-refractivity contribution < 1.29 is 4.79 Å². The number of aldehydes is 1. The van der Waals surface area contributed by atoms with Crippen LogP contribution in [0.25, 0.3) is 0 Å². The minimum Gasteiger partial charge on any atom is -0.350 e. The molecular formula is C10H24N2OSi2. The lowest BCUT2D eigenvalue weighted by Gasteiger charge is -2.41. The number of carbonyl (C=O) groups is 1. The third-order valence-electron chi connectivity index (χ3n) is 1.88. The zero-order valence-electron chi connectivity index (χ0n) is 10.9. The summed E-state index contributed by atoms with van der Waals surface area (Å²) in [5, 5.41) is 4.58. The highest BCUT2D eigenvalue weighted by molar-refractivity contribution is 6.89. The predicted octanol–water partition coefficient (Wildman–Crippen LogP) is 2.92. The molecule has 0 heterocycles. The van der Waals surface area contributed by atoms with Crippen LogP contribution in [0.15, 0.2) is 5.10 Å². The quantitative estimate of drug-likeness (QED) is 0.237. The molecule has 3 nitrogen and oxygen atoms in total. The van der Waals surface area contributed by atoms with Gasteiger partial charge in [-0.3, -0.25) is 0 Å². The van der Waals surface area contributed by atoms with Gasteiger partial charge in [0.1, 0.15) is 6.29 Å². The van der Waals surface area contributed by atoms with Gasteiger partial charge in [0.25, 0.3) is 0 Å². The summed E-state index contributed by atoms with van der Waals surface area (Å²) < 4.78 is 2.35. The Labute approximate surface area is 95.7 Å². The lowest BCUT2D eigenvalue weighted by molar-refractivity contribution is -0.107. The Kier molecular flexibility index (Phi) is 5.44. The van der Waals surface area contributed by atoms with Crippen molar-refractivity contribution in [2.75, 3.05) is 0 Å². The van der Waals surface area contributed by atoms with Gasteiger partial charge in [0.05, 0.1) is 0 Å². The van der Waals surface area contributed by atoms with E-state index < -0.39 is 16.5 Å². The fraction of sp³-hybridized carbons (Fsp3) is 0.800. The number of carbonyl (C=O) groups excluding carboxylic acids is 1. The summed E-state index contributed by atoms with van der Waals surface area (Å²) in [7, 11) is -2.75. The van der Waals surface area contributed by atoms with E-state index >= 15 is 0 Å². The second-order valence-electron chi connectivity index (χ2n) is 5.70. The minimum absolute atomic E-state index is 0.578. The molecule has 0 atom stereocenters. The predicted molar refractivity (Wildman–Crippen MR) is 72.3 cm³/mol. The van der Waals surface area contributed by atoms with Crippen LogP contribution in [0.4, 0.5) is 0 Å². The lowest BCUT2D eigenvalue weighted by Crippen LogP contribution is -2.55. The van der Waals surface area contributed by atoms with Gasteiger partial charge in [0, 0.05) is 12.6 Å². The summed E-state index contributed by atoms with van der Waals surface area (Å²) in [5.74, 6) is 0. The van der Waals surface area contributed by atoms with Crippen LogP contribution in [0.2, 0.25) is 39.3 Å². The third-order valence-corrected chi connectivity index (χ3v) is 8.68. The van der Waals surface area contributed by atoms with E-state index in [9.17, 15) is 4.79 Å². The first-order valence-electron chi connectivity index (χ1n) is 5.46. The van der Waals surface area contributed by atoms with Crippen molar-refractivity contribution in [1.29, 1.82) is 0 Å². The van der Waals surface area contributed by atoms with E-state index in [-0.39, 0.29) is 0 Å². The van der Waals surface area contributed by atoms with Crippen LogP contribution in [-0.2, 0) is 4.79 Å². The Balaban J connectivity index is 4.54. The SMILES string of the molecule is C[Si](C)(C)N(N=CCCC=O)[Si](C)(C)C. The molecule has 0 amide bonds. The molecule has 0 saturated heterocycles. The average molecular weight is 244 g/mol. The van der Waals surface area contributed by atoms with Crippen molar-refractivity contribution in [3.63, 3.8) is 0 Å². The van der Waals surface area contributed by atoms with E-state index in [2.05, 4.69) is 48.7 Å². The minimum atomic E-state index is -1.37. The molecule has 0 unspecified atom stereocenters. The lowest BCUT2D eigenvalue weighted by atomic mass is 10.4. The molecule has 0 aliphatic heterocycles. The first-order chi connectivity index (χ1) is 6.69. The molecule has 0 saturated carbocycles. The molecule has 0 spiro atoms. The number of rotatable bonds is 6. The van der Waals surface area contributed by atoms with Crippen molar-refractivity contribution >= 4 is 29.0 Å². The smallest absolute Gasteiger partial charge is 0.158 e. The van der Waals surface area contributed by atoms with Gasteiger partial charge in [-0.15, -0.1) is 0 Å². The van der Waals surface area contributed by atoms with Gasteiger partial charge in [-0.2, -0.15) is 0 Å². The zero-order valence-corrected chi connectivity index (χ0v) is 12.9. The van der Waals surface area contributed by atoms with Crippen molar-refractivity contribution in [1.82, 2.24) is 4.34 Å². The van der Waals surface area contributed by atoms with Crippen LogP contribution in [0.1, 0.15) is 12.8 Å². The molecule has 0 radical (unpaired) electrons. The molecule has 0 N–H and O–H groups in total. The molecule has 15 heavy (non-hydrogen) atoms. The molecular weight excluding hydrogens is 220 g/mol. The molecule has 0 rings (SSSR count). The first-order valence-corrected chi connectivity index (χ1v) is 12.4. The standard InChI is InChI=1S/C10H24N2OSi2/c1-14(2,3)12(15(4,5)6)11-9-7-8-10-13/h9-10H,7-8H2,1-6H3. The monoisotopic (exact) mass is 244 g/mol. The summed E-state index contributed by atoms with van der Waals surface area (Å²) in [6.45, 7) is 13.8. The number of hydrogen-bond acceptors (Lipinski definition) is 3. The fourth-order valence-corrected chi connectivity index (χ4v) is 10.5. The van der Waals surface area contributed by atoms with Gasteiger partial charge in [-0.05, 0) is 6.42 Å². The van der Waals surface area contributed by atoms with E-state index in [1.54, 1.807) is 0 Å². The second-order valence-corrected chi connectivity index (χ2v) is 15.7. The molecule has 0 aromatic heterocycles. The highest BCUT2D eigenvalue weighted by Crippen LogP contribution is 2.19. The topological polar surface area (TPSA) is 32.7 Å². The second kappa shape index (κ2) is 5.60. The van der Waals surface area contributed by atoms with Gasteiger partial charge in [-0.1, -0.05) is 39.3 Å². The van der Waals surface area contributed by atoms with E-state index in [0.29, 0.717) is 6.42 Å². The summed E-state index contributed by atoms with van der Waals surface area (Å²) in [4.78, 5) is 10.2. The third kappa shape index (κ3) is 5.89. The normalized spacial score (nSPS) is 13.2. The number of unbranched alkanes of at least 4 members (excludes halogenated alkanes) is 1. The van der Waals surface area contributed by atoms with Crippen LogP contribution < -0.4 is 0 Å². The van der Waals surface area contributed by atoms with Gasteiger partial charge in [0.15, 0.2) is 16.5 Å². The van der Waals surface area contributed by atoms with Crippen molar-refractivity contribution in [3.05, 3.63) is 0 Å². The summed E-state index contributed by atoms with van der Waals surface area (Å²) in [6, 6.07) is 0. The Morgan fingerprint density at radius 3 is 1.80 bits per heavy atom. The van der Waals surface area contributed by atoms with E-state index in [4.69, 9.17) is 0 Å². The maximum Gasteiger partial charge on any atom is 0.158 e. The molecule has 0 aromatic carbocycles. The fourth-order valence-electron chi connectivity index (χ4n) is 1.63. The zero-order chi connectivity index (χ0) is 12.1. The largest absolute Gasteiger partial charge is 0.350 e. The molecule has 88 valence electrons. The summed E-state index contributed by atoms with van der Waals surface area (Å²) >= 11 is 0. The Hall–Kier alpha value is -0.426. The number of hydrogen-bond donors (Lipinski definition) is 0. The van der Waals surface area contributed by atoms with Gasteiger partial charge >= 0.3 is 0 Å². The highest BCUT2D eigenvalue weighted by atomic mass is 28.4. The summed E-state index contributed by atoms with van der Waals surface area (Å²) in [6.07, 6.45) is 4.17. The average Bonchev–Trinajstić information content (AvgIpc) is 1.99. The van der Waals surface area contributed by atoms with Crippen LogP contribution in [0.5, 0.6) is 0 Å². The molecule has 5 heteroatoms. The first kappa shape index (κ1) is 14.6. The van der Waals surface area contributed by atoms with E-state index in [0.717, 1.165) is 12.7 Å². The van der Waals surface area contributed by atoms with Gasteiger partial charge in [0.2, 0.25) is 0 Å². The maximum absolute atomic E-state index is 10.2. The van der Waals surface area contributed by atoms with Crippen LogP contribution in [0, 0.1) is 0 Å². The number of nitrogens with zero attached hydrogens (tertiary/aromatic N) is 2. The Bertz CT molecular complexity index is 215. The molecule has 0 fully saturated rings. The molecule has 0 bridgehead atoms. The van der Waals surface area contributed by atoms with Crippen LogP contribution in [-0.4, -0.2) is 33.3 Å². The van der Waals surface area contributed by atoms with Crippen molar-refractivity contribution in [3.8, 4) is 0 Å². The molecule has 0 aliphatic rings. The van der Waals surface area contributed by atoms with Gasteiger partial charge in [-0.25, -0.2) is 5.10 Å². The van der Waals surface area contributed by atoms with Crippen LogP contribution in [0.3, 0.4) is 0 Å². The van der Waals surface area contributed by atoms with E-state index in [1.165, 1.54) is 0 Å². The Morgan fingerprint density at radius 2 is 1.47 bits per heavy atom. The summed E-state index contributed by atoms with van der Waals surface area (Å²) in [5.41, 5.74) is 0. The van der Waals surface area contributed by atoms with Gasteiger partial charge < -0.3 is 9.13 Å². The number of hydrazone groups is 1. The van der Waals surface area contributed by atoms with Crippen molar-refractivity contribution in [2.45, 2.75) is 52.1 Å². The molecule has 0 aromatic rings. The highest BCUT2D eigenvalue weighted by Gasteiger charge is 2.33. The maximum atomic E-state index is 10.2.